The van der Waals surface area contributed by atoms with Crippen molar-refractivity contribution < 1.29 is 14.6 Å². The minimum absolute atomic E-state index is 0.177. The van der Waals surface area contributed by atoms with Crippen LogP contribution in [0.1, 0.15) is 45.4 Å². The van der Waals surface area contributed by atoms with Crippen LogP contribution in [-0.2, 0) is 9.53 Å². The number of carboxylic acid groups (broad SMARTS) is 1. The van der Waals surface area contributed by atoms with Crippen molar-refractivity contribution in [2.75, 3.05) is 13.2 Å². The summed E-state index contributed by atoms with van der Waals surface area (Å²) < 4.78 is 5.49. The third-order valence-corrected chi connectivity index (χ3v) is 3.16. The Labute approximate surface area is 91.8 Å². The van der Waals surface area contributed by atoms with Gasteiger partial charge in [-0.1, -0.05) is 26.2 Å². The number of carboxylic acids is 1. The Balaban J connectivity index is 2.43. The fourth-order valence-corrected chi connectivity index (χ4v) is 2.29. The Morgan fingerprint density at radius 3 is 2.73 bits per heavy atom. The van der Waals surface area contributed by atoms with Crippen LogP contribution in [0.4, 0.5) is 0 Å². The summed E-state index contributed by atoms with van der Waals surface area (Å²) in [6.45, 7) is 3.45. The van der Waals surface area contributed by atoms with Crippen LogP contribution in [0.15, 0.2) is 0 Å². The number of hydrogen-bond donors (Lipinski definition) is 1. The lowest BCUT2D eigenvalue weighted by Gasteiger charge is -2.21. The molecule has 0 aromatic carbocycles. The molecule has 1 fully saturated rings. The third kappa shape index (κ3) is 4.20. The Morgan fingerprint density at radius 1 is 1.33 bits per heavy atom. The van der Waals surface area contributed by atoms with Gasteiger partial charge in [-0.3, -0.25) is 4.79 Å². The van der Waals surface area contributed by atoms with Crippen molar-refractivity contribution in [3.05, 3.63) is 0 Å². The molecule has 2 atom stereocenters. The molecule has 1 N–H and O–H groups in total. The molecule has 88 valence electrons. The minimum Gasteiger partial charge on any atom is -0.481 e. The predicted octanol–water partition coefficient (Wildman–Crippen LogP) is 2.69. The van der Waals surface area contributed by atoms with Crippen LogP contribution in [0.5, 0.6) is 0 Å². The van der Waals surface area contributed by atoms with Gasteiger partial charge in [-0.15, -0.1) is 0 Å². The molecule has 0 heterocycles. The molecule has 0 aliphatic heterocycles. The standard InChI is InChI=1S/C12H22O3/c1-2-8-15-9-10-6-4-3-5-7-11(10)12(13)14/h10-11H,2-9H2,1H3,(H,13,14). The number of ether oxygens (including phenoxy) is 1. The Hall–Kier alpha value is -0.570. The van der Waals surface area contributed by atoms with E-state index in [4.69, 9.17) is 9.84 Å². The fraction of sp³-hybridized carbons (Fsp3) is 0.917. The van der Waals surface area contributed by atoms with Crippen molar-refractivity contribution in [1.82, 2.24) is 0 Å². The molecular weight excluding hydrogens is 192 g/mol. The zero-order valence-electron chi connectivity index (χ0n) is 9.58. The zero-order valence-corrected chi connectivity index (χ0v) is 9.58. The molecule has 15 heavy (non-hydrogen) atoms. The van der Waals surface area contributed by atoms with Gasteiger partial charge in [0, 0.05) is 6.61 Å². The molecule has 0 bridgehead atoms. The van der Waals surface area contributed by atoms with Gasteiger partial charge in [0.05, 0.1) is 12.5 Å². The normalized spacial score (nSPS) is 27.3. The highest BCUT2D eigenvalue weighted by Gasteiger charge is 2.29. The summed E-state index contributed by atoms with van der Waals surface area (Å²) in [4.78, 5) is 11.1. The highest BCUT2D eigenvalue weighted by molar-refractivity contribution is 5.70. The number of hydrogen-bond acceptors (Lipinski definition) is 2. The summed E-state index contributed by atoms with van der Waals surface area (Å²) in [6, 6.07) is 0. The van der Waals surface area contributed by atoms with Gasteiger partial charge in [-0.2, -0.15) is 0 Å². The molecule has 0 saturated heterocycles. The zero-order chi connectivity index (χ0) is 11.1. The molecule has 0 aromatic heterocycles. The summed E-state index contributed by atoms with van der Waals surface area (Å²) in [6.07, 6.45) is 6.24. The van der Waals surface area contributed by atoms with Gasteiger partial charge in [0.2, 0.25) is 0 Å². The fourth-order valence-electron chi connectivity index (χ4n) is 2.29. The second-order valence-corrected chi connectivity index (χ2v) is 4.42. The van der Waals surface area contributed by atoms with E-state index in [1.807, 2.05) is 0 Å². The van der Waals surface area contributed by atoms with E-state index in [1.165, 1.54) is 6.42 Å². The van der Waals surface area contributed by atoms with Crippen molar-refractivity contribution in [2.45, 2.75) is 45.4 Å². The molecular formula is C12H22O3. The van der Waals surface area contributed by atoms with Crippen LogP contribution in [0.3, 0.4) is 0 Å². The van der Waals surface area contributed by atoms with Gasteiger partial charge < -0.3 is 9.84 Å². The van der Waals surface area contributed by atoms with Crippen molar-refractivity contribution in [3.8, 4) is 0 Å². The predicted molar refractivity (Wildman–Crippen MR) is 58.8 cm³/mol. The summed E-state index contributed by atoms with van der Waals surface area (Å²) in [7, 11) is 0. The highest BCUT2D eigenvalue weighted by atomic mass is 16.5. The van der Waals surface area contributed by atoms with E-state index in [-0.39, 0.29) is 11.8 Å². The molecule has 3 heteroatoms. The van der Waals surface area contributed by atoms with E-state index in [1.54, 1.807) is 0 Å². The smallest absolute Gasteiger partial charge is 0.306 e. The van der Waals surface area contributed by atoms with Gasteiger partial charge in [0.1, 0.15) is 0 Å². The van der Waals surface area contributed by atoms with E-state index in [9.17, 15) is 4.79 Å². The summed E-state index contributed by atoms with van der Waals surface area (Å²) >= 11 is 0. The minimum atomic E-state index is -0.637. The maximum Gasteiger partial charge on any atom is 0.306 e. The van der Waals surface area contributed by atoms with E-state index >= 15 is 0 Å². The quantitative estimate of drug-likeness (QED) is 0.565. The lowest BCUT2D eigenvalue weighted by atomic mass is 9.89. The molecule has 0 amide bonds. The van der Waals surface area contributed by atoms with Crippen molar-refractivity contribution in [3.63, 3.8) is 0 Å². The van der Waals surface area contributed by atoms with Crippen LogP contribution in [0.2, 0.25) is 0 Å². The van der Waals surface area contributed by atoms with Gasteiger partial charge in [-0.25, -0.2) is 0 Å². The lowest BCUT2D eigenvalue weighted by molar-refractivity contribution is -0.145. The molecule has 0 aromatic rings. The monoisotopic (exact) mass is 214 g/mol. The molecule has 1 rings (SSSR count). The molecule has 1 saturated carbocycles. The molecule has 1 aliphatic carbocycles. The van der Waals surface area contributed by atoms with E-state index in [0.29, 0.717) is 6.61 Å². The SMILES string of the molecule is CCCOCC1CCCCCC1C(=O)O. The summed E-state index contributed by atoms with van der Waals surface area (Å²) in [5.74, 6) is -0.581. The number of aliphatic carboxylic acids is 1. The molecule has 1 aliphatic rings. The first kappa shape index (κ1) is 12.5. The first-order chi connectivity index (χ1) is 7.25. The Bertz CT molecular complexity index is 191. The van der Waals surface area contributed by atoms with Crippen molar-refractivity contribution in [2.24, 2.45) is 11.8 Å². The van der Waals surface area contributed by atoms with Crippen molar-refractivity contribution >= 4 is 5.97 Å². The number of carbonyl (C=O) groups is 1. The molecule has 0 spiro atoms. The maximum absolute atomic E-state index is 11.1. The second-order valence-electron chi connectivity index (χ2n) is 4.42. The van der Waals surface area contributed by atoms with E-state index < -0.39 is 5.97 Å². The molecule has 2 unspecified atom stereocenters. The topological polar surface area (TPSA) is 46.5 Å². The van der Waals surface area contributed by atoms with E-state index in [0.717, 1.165) is 38.7 Å². The van der Waals surface area contributed by atoms with Gasteiger partial charge in [0.15, 0.2) is 0 Å². The summed E-state index contributed by atoms with van der Waals surface area (Å²) in [5.41, 5.74) is 0. The van der Waals surface area contributed by atoms with Crippen LogP contribution in [-0.4, -0.2) is 24.3 Å². The number of rotatable bonds is 5. The van der Waals surface area contributed by atoms with Gasteiger partial charge in [0.25, 0.3) is 0 Å². The van der Waals surface area contributed by atoms with Gasteiger partial charge in [-0.05, 0) is 25.2 Å². The molecule has 0 radical (unpaired) electrons. The van der Waals surface area contributed by atoms with Crippen LogP contribution < -0.4 is 0 Å². The van der Waals surface area contributed by atoms with Crippen LogP contribution in [0.25, 0.3) is 0 Å². The maximum atomic E-state index is 11.1. The highest BCUT2D eigenvalue weighted by Crippen LogP contribution is 2.29. The first-order valence-electron chi connectivity index (χ1n) is 6.06. The average Bonchev–Trinajstić information content (AvgIpc) is 2.43. The Morgan fingerprint density at radius 2 is 2.07 bits per heavy atom. The molecule has 3 nitrogen and oxygen atoms in total. The largest absolute Gasteiger partial charge is 0.481 e. The van der Waals surface area contributed by atoms with Gasteiger partial charge >= 0.3 is 5.97 Å². The lowest BCUT2D eigenvalue weighted by Crippen LogP contribution is -2.26. The van der Waals surface area contributed by atoms with Crippen LogP contribution in [0, 0.1) is 11.8 Å². The average molecular weight is 214 g/mol. The van der Waals surface area contributed by atoms with Crippen LogP contribution >= 0.6 is 0 Å². The Kier molecular flexibility index (Phi) is 5.69. The third-order valence-electron chi connectivity index (χ3n) is 3.16. The second kappa shape index (κ2) is 6.83. The van der Waals surface area contributed by atoms with Crippen molar-refractivity contribution in [1.29, 1.82) is 0 Å². The first-order valence-corrected chi connectivity index (χ1v) is 6.06. The van der Waals surface area contributed by atoms with E-state index in [2.05, 4.69) is 6.92 Å². The summed E-state index contributed by atoms with van der Waals surface area (Å²) in [5, 5.41) is 9.13.